The van der Waals surface area contributed by atoms with Crippen molar-refractivity contribution in [3.05, 3.63) is 54.1 Å². The van der Waals surface area contributed by atoms with E-state index in [0.29, 0.717) is 33.0 Å². The number of hydrogen-bond donors (Lipinski definition) is 3. The van der Waals surface area contributed by atoms with E-state index in [4.69, 9.17) is 4.74 Å². The Morgan fingerprint density at radius 2 is 1.62 bits per heavy atom. The van der Waals surface area contributed by atoms with Crippen LogP contribution < -0.4 is 20.7 Å². The predicted molar refractivity (Wildman–Crippen MR) is 135 cm³/mol. The van der Waals surface area contributed by atoms with E-state index in [1.807, 2.05) is 0 Å². The highest BCUT2D eigenvalue weighted by molar-refractivity contribution is 8.01. The number of carbonyl (C=O) groups excluding carboxylic acids is 3. The lowest BCUT2D eigenvalue weighted by Crippen LogP contribution is -2.14. The SMILES string of the molecule is CCCCOc1ccc(C(=O)Nc2nnc(SCC(=O)Nc3ccc(NC(C)=O)cc3)s2)cc1. The van der Waals surface area contributed by atoms with Crippen LogP contribution in [0.2, 0.25) is 0 Å². The monoisotopic (exact) mass is 499 g/mol. The summed E-state index contributed by atoms with van der Waals surface area (Å²) in [7, 11) is 0. The van der Waals surface area contributed by atoms with E-state index in [2.05, 4.69) is 33.1 Å². The van der Waals surface area contributed by atoms with Gasteiger partial charge in [0.15, 0.2) is 4.34 Å². The Hall–Kier alpha value is -3.44. The molecule has 0 aliphatic rings. The molecular weight excluding hydrogens is 474 g/mol. The minimum Gasteiger partial charge on any atom is -0.494 e. The van der Waals surface area contributed by atoms with E-state index < -0.39 is 0 Å². The molecule has 1 aromatic heterocycles. The lowest BCUT2D eigenvalue weighted by molar-refractivity contribution is -0.114. The van der Waals surface area contributed by atoms with Crippen molar-refractivity contribution in [2.45, 2.75) is 31.0 Å². The molecule has 3 rings (SSSR count). The van der Waals surface area contributed by atoms with Crippen LogP contribution in [0, 0.1) is 0 Å². The summed E-state index contributed by atoms with van der Waals surface area (Å²) < 4.78 is 6.16. The van der Waals surface area contributed by atoms with Gasteiger partial charge in [-0.1, -0.05) is 36.4 Å². The van der Waals surface area contributed by atoms with E-state index in [0.717, 1.165) is 18.6 Å². The average molecular weight is 500 g/mol. The summed E-state index contributed by atoms with van der Waals surface area (Å²) in [5.74, 6) is 0.190. The molecule has 9 nitrogen and oxygen atoms in total. The number of carbonyl (C=O) groups is 3. The van der Waals surface area contributed by atoms with Gasteiger partial charge in [-0.05, 0) is 55.0 Å². The number of rotatable bonds is 11. The summed E-state index contributed by atoms with van der Waals surface area (Å²) in [6.45, 7) is 4.18. The Balaban J connectivity index is 1.44. The number of aromatic nitrogens is 2. The summed E-state index contributed by atoms with van der Waals surface area (Å²) in [4.78, 5) is 35.7. The predicted octanol–water partition coefficient (Wildman–Crippen LogP) is 4.66. The van der Waals surface area contributed by atoms with Gasteiger partial charge in [0.2, 0.25) is 16.9 Å². The molecule has 1 heterocycles. The van der Waals surface area contributed by atoms with Crippen LogP contribution in [0.1, 0.15) is 37.0 Å². The van der Waals surface area contributed by atoms with Gasteiger partial charge in [0.25, 0.3) is 5.91 Å². The Kier molecular flexibility index (Phi) is 9.41. The van der Waals surface area contributed by atoms with Crippen molar-refractivity contribution in [2.24, 2.45) is 0 Å². The molecule has 11 heteroatoms. The molecule has 3 N–H and O–H groups in total. The third kappa shape index (κ3) is 8.16. The molecule has 34 heavy (non-hydrogen) atoms. The molecule has 178 valence electrons. The third-order valence-corrected chi connectivity index (χ3v) is 6.30. The summed E-state index contributed by atoms with van der Waals surface area (Å²) in [6.07, 6.45) is 2.04. The molecule has 0 unspecified atom stereocenters. The zero-order valence-electron chi connectivity index (χ0n) is 18.8. The van der Waals surface area contributed by atoms with Crippen LogP contribution in [0.4, 0.5) is 16.5 Å². The highest BCUT2D eigenvalue weighted by Gasteiger charge is 2.12. The number of nitrogens with one attached hydrogen (secondary N) is 3. The number of benzene rings is 2. The minimum atomic E-state index is -0.298. The number of anilines is 3. The lowest BCUT2D eigenvalue weighted by atomic mass is 10.2. The van der Waals surface area contributed by atoms with Crippen molar-refractivity contribution in [3.8, 4) is 5.75 Å². The standard InChI is InChI=1S/C23H25N5O4S2/c1-3-4-13-32-19-11-5-16(6-12-19)21(31)26-22-27-28-23(34-22)33-14-20(30)25-18-9-7-17(8-10-18)24-15(2)29/h5-12H,3-4,13-14H2,1-2H3,(H,24,29)(H,25,30)(H,26,27,31). The molecule has 0 fully saturated rings. The first kappa shape index (κ1) is 25.2. The van der Waals surface area contributed by atoms with Gasteiger partial charge in [-0.25, -0.2) is 0 Å². The van der Waals surface area contributed by atoms with Crippen LogP contribution in [-0.4, -0.2) is 40.3 Å². The summed E-state index contributed by atoms with van der Waals surface area (Å²) >= 11 is 2.41. The van der Waals surface area contributed by atoms with Crippen molar-refractivity contribution >= 4 is 57.3 Å². The highest BCUT2D eigenvalue weighted by Crippen LogP contribution is 2.26. The van der Waals surface area contributed by atoms with Crippen molar-refractivity contribution < 1.29 is 19.1 Å². The third-order valence-electron chi connectivity index (χ3n) is 4.33. The number of thioether (sulfide) groups is 1. The molecule has 3 aromatic rings. The van der Waals surface area contributed by atoms with Crippen LogP contribution in [0.25, 0.3) is 0 Å². The fourth-order valence-corrected chi connectivity index (χ4v) is 4.24. The minimum absolute atomic E-state index is 0.134. The zero-order valence-corrected chi connectivity index (χ0v) is 20.4. The first-order valence-corrected chi connectivity index (χ1v) is 12.4. The number of unbranched alkanes of at least 4 members (excludes halogenated alkanes) is 1. The van der Waals surface area contributed by atoms with Gasteiger partial charge in [-0.2, -0.15) is 0 Å². The molecule has 0 spiro atoms. The smallest absolute Gasteiger partial charge is 0.257 e. The van der Waals surface area contributed by atoms with Gasteiger partial charge in [-0.3, -0.25) is 19.7 Å². The quantitative estimate of drug-likeness (QED) is 0.199. The first-order chi connectivity index (χ1) is 16.4. The fourth-order valence-electron chi connectivity index (χ4n) is 2.69. The van der Waals surface area contributed by atoms with Crippen LogP contribution in [0.3, 0.4) is 0 Å². The normalized spacial score (nSPS) is 10.4. The van der Waals surface area contributed by atoms with Gasteiger partial charge in [0.1, 0.15) is 5.75 Å². The van der Waals surface area contributed by atoms with E-state index in [9.17, 15) is 14.4 Å². The van der Waals surface area contributed by atoms with E-state index in [-0.39, 0.29) is 23.5 Å². The lowest BCUT2D eigenvalue weighted by Gasteiger charge is -2.06. The highest BCUT2D eigenvalue weighted by atomic mass is 32.2. The Bertz CT molecular complexity index is 1120. The number of hydrogen-bond acceptors (Lipinski definition) is 8. The maximum atomic E-state index is 12.4. The molecular formula is C23H25N5O4S2. The molecule has 0 bridgehead atoms. The molecule has 0 saturated heterocycles. The molecule has 0 aliphatic carbocycles. The molecule has 3 amide bonds. The van der Waals surface area contributed by atoms with Crippen LogP contribution >= 0.6 is 23.1 Å². The average Bonchev–Trinajstić information content (AvgIpc) is 3.26. The molecule has 0 radical (unpaired) electrons. The topological polar surface area (TPSA) is 122 Å². The molecule has 2 aromatic carbocycles. The van der Waals surface area contributed by atoms with Gasteiger partial charge < -0.3 is 15.4 Å². The first-order valence-electron chi connectivity index (χ1n) is 10.6. The summed E-state index contributed by atoms with van der Waals surface area (Å²) in [6, 6.07) is 13.7. The summed E-state index contributed by atoms with van der Waals surface area (Å²) in [5, 5.41) is 16.5. The molecule has 0 aliphatic heterocycles. The zero-order chi connectivity index (χ0) is 24.3. The van der Waals surface area contributed by atoms with Gasteiger partial charge in [0.05, 0.1) is 12.4 Å². The van der Waals surface area contributed by atoms with Crippen LogP contribution in [0.5, 0.6) is 5.75 Å². The van der Waals surface area contributed by atoms with Crippen molar-refractivity contribution in [3.63, 3.8) is 0 Å². The van der Waals surface area contributed by atoms with E-state index >= 15 is 0 Å². The van der Waals surface area contributed by atoms with Gasteiger partial charge in [0, 0.05) is 23.9 Å². The number of amides is 3. The maximum absolute atomic E-state index is 12.4. The van der Waals surface area contributed by atoms with E-state index in [1.165, 1.54) is 30.0 Å². The second-order valence-corrected chi connectivity index (χ2v) is 9.35. The maximum Gasteiger partial charge on any atom is 0.257 e. The van der Waals surface area contributed by atoms with Crippen molar-refractivity contribution in [1.29, 1.82) is 0 Å². The Morgan fingerprint density at radius 3 is 2.26 bits per heavy atom. The van der Waals surface area contributed by atoms with Gasteiger partial charge in [-0.15, -0.1) is 10.2 Å². The number of ether oxygens (including phenoxy) is 1. The molecule has 0 atom stereocenters. The van der Waals surface area contributed by atoms with Gasteiger partial charge >= 0.3 is 0 Å². The molecule has 0 saturated carbocycles. The van der Waals surface area contributed by atoms with Crippen molar-refractivity contribution in [1.82, 2.24) is 10.2 Å². The largest absolute Gasteiger partial charge is 0.494 e. The van der Waals surface area contributed by atoms with Crippen molar-refractivity contribution in [2.75, 3.05) is 28.3 Å². The Morgan fingerprint density at radius 1 is 0.941 bits per heavy atom. The van der Waals surface area contributed by atoms with Crippen LogP contribution in [-0.2, 0) is 9.59 Å². The van der Waals surface area contributed by atoms with Crippen LogP contribution in [0.15, 0.2) is 52.9 Å². The fraction of sp³-hybridized carbons (Fsp3) is 0.261. The number of nitrogens with zero attached hydrogens (tertiary/aromatic N) is 2. The second-order valence-electron chi connectivity index (χ2n) is 7.15. The second kappa shape index (κ2) is 12.7. The van der Waals surface area contributed by atoms with E-state index in [1.54, 1.807) is 48.5 Å². The summed E-state index contributed by atoms with van der Waals surface area (Å²) in [5.41, 5.74) is 1.75. The Labute approximate surface area is 205 Å².